The summed E-state index contributed by atoms with van der Waals surface area (Å²) < 4.78 is 30.5. The Labute approximate surface area is 682 Å². The number of amides is 6. The molecule has 4 fully saturated rings. The van der Waals surface area contributed by atoms with Crippen LogP contribution in [0.25, 0.3) is 43.1 Å². The predicted molar refractivity (Wildman–Crippen MR) is 460 cm³/mol. The van der Waals surface area contributed by atoms with Gasteiger partial charge in [0.25, 0.3) is 23.6 Å². The van der Waals surface area contributed by atoms with Crippen LogP contribution in [0, 0.1) is 0 Å². The molecule has 11 aromatic carbocycles. The fraction of sp³-hybridized carbons (Fsp3) is 0.392. The van der Waals surface area contributed by atoms with Gasteiger partial charge in [-0.3, -0.25) is 38.6 Å². The third-order valence-electron chi connectivity index (χ3n) is 26.1. The van der Waals surface area contributed by atoms with Crippen molar-refractivity contribution in [1.29, 1.82) is 0 Å². The van der Waals surface area contributed by atoms with Crippen LogP contribution < -0.4 is 18.9 Å². The highest BCUT2D eigenvalue weighted by atomic mass is 16.5. The van der Waals surface area contributed by atoms with Crippen LogP contribution >= 0.6 is 0 Å². The molecular formula is C102H108N4O10. The predicted octanol–water partition coefficient (Wildman–Crippen LogP) is 24.8. The van der Waals surface area contributed by atoms with E-state index in [-0.39, 0.29) is 129 Å². The van der Waals surface area contributed by atoms with Crippen LogP contribution in [0.2, 0.25) is 0 Å². The summed E-state index contributed by atoms with van der Waals surface area (Å²) in [5.41, 5.74) is 6.03. The number of rotatable bonds is 24. The lowest BCUT2D eigenvalue weighted by molar-refractivity contribution is -0.143. The van der Waals surface area contributed by atoms with Crippen LogP contribution in [0.15, 0.2) is 182 Å². The maximum absolute atomic E-state index is 17.3. The summed E-state index contributed by atoms with van der Waals surface area (Å²) in [5, 5.41) is 2.89. The molecule has 6 aliphatic rings. The molecule has 14 nitrogen and oxygen atoms in total. The lowest BCUT2D eigenvalue weighted by atomic mass is 9.80. The highest BCUT2D eigenvalue weighted by Crippen LogP contribution is 2.59. The number of carbonyl (C=O) groups excluding carboxylic acids is 6. The van der Waals surface area contributed by atoms with Crippen molar-refractivity contribution in [2.24, 2.45) is 0 Å². The van der Waals surface area contributed by atoms with Gasteiger partial charge >= 0.3 is 0 Å². The average Bonchev–Trinajstić information content (AvgIpc) is 0.669. The molecule has 11 aromatic rings. The lowest BCUT2D eigenvalue weighted by Gasteiger charge is -2.45. The van der Waals surface area contributed by atoms with Gasteiger partial charge in [-0.2, -0.15) is 0 Å². The average molecular weight is 1550 g/mol. The molecule has 0 spiro atoms. The molecule has 2 atom stereocenters. The van der Waals surface area contributed by atoms with E-state index in [4.69, 9.17) is 18.9 Å². The van der Waals surface area contributed by atoms with Gasteiger partial charge in [0, 0.05) is 80.1 Å². The summed E-state index contributed by atoms with van der Waals surface area (Å²) in [6.07, 6.45) is 18.9. The van der Waals surface area contributed by atoms with E-state index in [1.54, 1.807) is 24.3 Å². The van der Waals surface area contributed by atoms with Crippen molar-refractivity contribution in [2.45, 2.75) is 257 Å². The molecule has 0 saturated heterocycles. The van der Waals surface area contributed by atoms with E-state index in [1.165, 1.54) is 9.80 Å². The molecule has 0 N–H and O–H groups in total. The molecule has 6 amide bonds. The Hall–Kier alpha value is -10.9. The van der Waals surface area contributed by atoms with Crippen molar-refractivity contribution in [3.8, 4) is 46.0 Å². The van der Waals surface area contributed by atoms with Gasteiger partial charge in [-0.05, 0) is 181 Å². The molecule has 4 aliphatic carbocycles. The fourth-order valence-electron chi connectivity index (χ4n) is 20.0. The number of imide groups is 2. The largest absolute Gasteiger partial charge is 0.457 e. The van der Waals surface area contributed by atoms with Gasteiger partial charge in [0.15, 0.2) is 0 Å². The zero-order valence-corrected chi connectivity index (χ0v) is 68.5. The second-order valence-electron chi connectivity index (χ2n) is 35.0. The molecule has 0 aromatic heterocycles. The van der Waals surface area contributed by atoms with Gasteiger partial charge in [-0.1, -0.05) is 242 Å². The van der Waals surface area contributed by atoms with Crippen molar-refractivity contribution < 1.29 is 47.7 Å². The third kappa shape index (κ3) is 14.9. The van der Waals surface area contributed by atoms with E-state index < -0.39 is 35.7 Å². The van der Waals surface area contributed by atoms with Crippen molar-refractivity contribution in [1.82, 2.24) is 19.6 Å². The summed E-state index contributed by atoms with van der Waals surface area (Å²) in [6.45, 7) is 17.0. The first-order valence-electron chi connectivity index (χ1n) is 43.3. The minimum absolute atomic E-state index is 0.0607. The summed E-state index contributed by atoms with van der Waals surface area (Å²) in [4.78, 5) is 109. The van der Waals surface area contributed by atoms with Gasteiger partial charge in [0.2, 0.25) is 11.8 Å². The number of fused-ring (bicyclic) bond motifs is 2. The van der Waals surface area contributed by atoms with Crippen LogP contribution in [0.3, 0.4) is 0 Å². The fourth-order valence-corrected chi connectivity index (χ4v) is 20.0. The monoisotopic (exact) mass is 1550 g/mol. The number of ether oxygens (including phenoxy) is 4. The number of nitrogens with zero attached hydrogens (tertiary/aromatic N) is 4. The lowest BCUT2D eigenvalue weighted by Crippen LogP contribution is -2.59. The van der Waals surface area contributed by atoms with Gasteiger partial charge in [0.1, 0.15) is 58.1 Å². The van der Waals surface area contributed by atoms with E-state index in [2.05, 4.69) is 89.5 Å². The zero-order valence-electron chi connectivity index (χ0n) is 68.5. The molecule has 17 rings (SSSR count). The Morgan fingerprint density at radius 3 is 0.776 bits per heavy atom. The molecular weight excluding hydrogens is 1440 g/mol. The third-order valence-corrected chi connectivity index (χ3v) is 26.1. The minimum Gasteiger partial charge on any atom is -0.457 e. The van der Waals surface area contributed by atoms with E-state index in [0.29, 0.717) is 55.3 Å². The number of carbonyl (C=O) groups is 6. The Bertz CT molecular complexity index is 4950. The highest BCUT2D eigenvalue weighted by molar-refractivity contribution is 6.45. The van der Waals surface area contributed by atoms with Gasteiger partial charge in [-0.25, -0.2) is 0 Å². The molecule has 4 saturated carbocycles. The molecule has 116 heavy (non-hydrogen) atoms. The second kappa shape index (κ2) is 33.0. The van der Waals surface area contributed by atoms with E-state index in [0.717, 1.165) is 162 Å². The van der Waals surface area contributed by atoms with Crippen LogP contribution in [0.1, 0.15) is 282 Å². The van der Waals surface area contributed by atoms with Crippen LogP contribution in [0.5, 0.6) is 46.0 Å². The summed E-state index contributed by atoms with van der Waals surface area (Å²) in [6, 6.07) is 55.2. The normalized spacial score (nSPS) is 17.2. The first kappa shape index (κ1) is 77.7. The van der Waals surface area contributed by atoms with E-state index in [9.17, 15) is 0 Å². The number of benzene rings is 11. The standard InChI is InChI=1S/C102H108N4O10/c1-61(2)67-35-27-47-75(53-67)113-85-57-79-89-80(98(108)105(97(79)107)83(51-65-31-15-9-16-32-65)101(111)103(71-39-19-11-20-40-71)72-41-21-12-22-42-72)59-87(115-77-49-29-37-69(55-77)63(5)6)93-94-88(116-78-50-30-38-70(56-78)64(7)8)60-82-90-81(58-86(92(96(90)94)91(85)95(89)93)114-76-48-28-36-68(54-76)62(3)4)99(109)106(100(82)110)84(52-66-33-17-10-18-34-66)102(112)104(73-43-23-13-24-44-73)74-45-25-14-26-46-74/h9-10,15-18,27-38,47-50,53-64,71-74,83-84H,11-14,19-26,39-46,51-52H2,1-8H3. The maximum atomic E-state index is 17.3. The summed E-state index contributed by atoms with van der Waals surface area (Å²) >= 11 is 0. The Balaban J connectivity index is 1.00. The topological polar surface area (TPSA) is 152 Å². The number of hydrogen-bond donors (Lipinski definition) is 0. The van der Waals surface area contributed by atoms with Crippen molar-refractivity contribution in [2.75, 3.05) is 0 Å². The van der Waals surface area contributed by atoms with E-state index >= 15 is 28.8 Å². The summed E-state index contributed by atoms with van der Waals surface area (Å²) in [7, 11) is 0. The van der Waals surface area contributed by atoms with Gasteiger partial charge < -0.3 is 28.7 Å². The van der Waals surface area contributed by atoms with Crippen LogP contribution in [-0.2, 0) is 22.4 Å². The second-order valence-corrected chi connectivity index (χ2v) is 35.0. The van der Waals surface area contributed by atoms with Crippen molar-refractivity contribution in [3.63, 3.8) is 0 Å². The molecule has 14 heteroatoms. The summed E-state index contributed by atoms with van der Waals surface area (Å²) in [5.74, 6) is -0.307. The van der Waals surface area contributed by atoms with Crippen LogP contribution in [-0.4, -0.2) is 91.3 Å². The molecule has 0 radical (unpaired) electrons. The van der Waals surface area contributed by atoms with Crippen molar-refractivity contribution in [3.05, 3.63) is 238 Å². The molecule has 2 unspecified atom stereocenters. The number of hydrogen-bond acceptors (Lipinski definition) is 10. The van der Waals surface area contributed by atoms with E-state index in [1.807, 2.05) is 133 Å². The first-order chi connectivity index (χ1) is 56.3. The molecule has 2 heterocycles. The van der Waals surface area contributed by atoms with Crippen molar-refractivity contribution >= 4 is 78.5 Å². The molecule has 596 valence electrons. The quantitative estimate of drug-likeness (QED) is 0.0325. The molecule has 0 bridgehead atoms. The Kier molecular flexibility index (Phi) is 22.1. The Morgan fingerprint density at radius 2 is 0.543 bits per heavy atom. The zero-order chi connectivity index (χ0) is 80.2. The molecule has 2 aliphatic heterocycles. The highest BCUT2D eigenvalue weighted by Gasteiger charge is 2.50. The SMILES string of the molecule is CC(C)c1cccc(Oc2cc3c4c(cc(Oc5cccc(C(C)C)c5)c5c6c(Oc7cccc(C(C)C)c7)cc7c8c(cc(Oc9cccc(C(C)C)c9)c(c2c45)c86)C(=O)N(C(Cc2ccccc2)C(=O)N(C2CCCCC2)C2CCCCC2)C7=O)C(=O)N(C(Cc2ccccc2)C(=O)N(C2CCCCC2)C2CCCCC2)C3=O)c1. The maximum Gasteiger partial charge on any atom is 0.262 e. The first-order valence-corrected chi connectivity index (χ1v) is 43.3. The smallest absolute Gasteiger partial charge is 0.262 e. The van der Waals surface area contributed by atoms with Gasteiger partial charge in [-0.15, -0.1) is 0 Å². The Morgan fingerprint density at radius 1 is 0.302 bits per heavy atom. The van der Waals surface area contributed by atoms with Gasteiger partial charge in [0.05, 0.1) is 22.3 Å². The minimum atomic E-state index is -1.28. The van der Waals surface area contributed by atoms with Crippen LogP contribution in [0.4, 0.5) is 0 Å².